The van der Waals surface area contributed by atoms with E-state index in [0.717, 1.165) is 22.0 Å². The van der Waals surface area contributed by atoms with Crippen LogP contribution in [-0.2, 0) is 9.53 Å². The molecular formula is C28H27N3O3S. The summed E-state index contributed by atoms with van der Waals surface area (Å²) in [6.45, 7) is 8.10. The van der Waals surface area contributed by atoms with Crippen LogP contribution in [0.3, 0.4) is 0 Å². The van der Waals surface area contributed by atoms with Gasteiger partial charge in [-0.15, -0.1) is 0 Å². The summed E-state index contributed by atoms with van der Waals surface area (Å²) in [6.07, 6.45) is 3.80. The molecule has 0 saturated heterocycles. The van der Waals surface area contributed by atoms with E-state index >= 15 is 0 Å². The third-order valence-corrected chi connectivity index (χ3v) is 7.33. The lowest BCUT2D eigenvalue weighted by Gasteiger charge is -2.25. The molecule has 1 N–H and O–H groups in total. The molecule has 1 aliphatic heterocycles. The summed E-state index contributed by atoms with van der Waals surface area (Å²) in [5.41, 5.74) is 4.79. The van der Waals surface area contributed by atoms with E-state index in [2.05, 4.69) is 36.0 Å². The topological polar surface area (TPSA) is 76.4 Å². The molecule has 0 spiro atoms. The lowest BCUT2D eigenvalue weighted by Crippen LogP contribution is -2.39. The number of thiazole rings is 1. The number of H-pyrrole nitrogens is 1. The molecule has 2 aromatic heterocycles. The Labute approximate surface area is 206 Å². The van der Waals surface area contributed by atoms with Gasteiger partial charge in [0.15, 0.2) is 4.80 Å². The molecule has 0 fully saturated rings. The fraction of sp³-hybridized carbons (Fsp3) is 0.250. The van der Waals surface area contributed by atoms with E-state index in [-0.39, 0.29) is 12.2 Å². The average Bonchev–Trinajstić information content (AvgIpc) is 3.39. The molecule has 0 bridgehead atoms. The molecule has 1 aliphatic rings. The number of nitrogens with zero attached hydrogens (tertiary/aromatic N) is 2. The maximum absolute atomic E-state index is 13.8. The number of rotatable bonds is 5. The second-order valence-corrected chi connectivity index (χ2v) is 9.92. The first-order valence-electron chi connectivity index (χ1n) is 11.7. The summed E-state index contributed by atoms with van der Waals surface area (Å²) >= 11 is 1.33. The molecule has 0 aliphatic carbocycles. The molecule has 1 atom stereocenters. The zero-order valence-electron chi connectivity index (χ0n) is 20.2. The number of aromatic nitrogens is 2. The molecular weight excluding hydrogens is 458 g/mol. The van der Waals surface area contributed by atoms with Gasteiger partial charge in [-0.1, -0.05) is 67.6 Å². The number of hydrogen-bond acceptors (Lipinski definition) is 5. The van der Waals surface area contributed by atoms with Crippen molar-refractivity contribution < 1.29 is 9.53 Å². The highest BCUT2D eigenvalue weighted by Gasteiger charge is 2.33. The second kappa shape index (κ2) is 9.15. The van der Waals surface area contributed by atoms with Crippen LogP contribution in [0, 0.1) is 0 Å². The first kappa shape index (κ1) is 23.1. The van der Waals surface area contributed by atoms with Gasteiger partial charge in [-0.05, 0) is 43.0 Å². The molecule has 0 radical (unpaired) electrons. The number of para-hydroxylation sites is 1. The van der Waals surface area contributed by atoms with E-state index in [0.29, 0.717) is 26.5 Å². The quantitative estimate of drug-likeness (QED) is 0.426. The third kappa shape index (κ3) is 4.06. The summed E-state index contributed by atoms with van der Waals surface area (Å²) in [5, 5.41) is 1.04. The largest absolute Gasteiger partial charge is 0.463 e. The van der Waals surface area contributed by atoms with Crippen molar-refractivity contribution in [3.63, 3.8) is 0 Å². The fourth-order valence-electron chi connectivity index (χ4n) is 4.52. The molecule has 3 heterocycles. The van der Waals surface area contributed by atoms with E-state index in [4.69, 9.17) is 4.74 Å². The average molecular weight is 486 g/mol. The highest BCUT2D eigenvalue weighted by atomic mass is 32.1. The number of benzene rings is 2. The number of hydrogen-bond donors (Lipinski definition) is 1. The van der Waals surface area contributed by atoms with Crippen LogP contribution in [-0.4, -0.2) is 22.1 Å². The van der Waals surface area contributed by atoms with Gasteiger partial charge in [0.2, 0.25) is 0 Å². The predicted molar refractivity (Wildman–Crippen MR) is 139 cm³/mol. The molecule has 7 heteroatoms. The van der Waals surface area contributed by atoms with Gasteiger partial charge in [-0.2, -0.15) is 0 Å². The molecule has 4 aromatic rings. The summed E-state index contributed by atoms with van der Waals surface area (Å²) in [4.78, 5) is 35.3. The molecule has 35 heavy (non-hydrogen) atoms. The zero-order chi connectivity index (χ0) is 24.7. The standard InChI is InChI=1S/C28H27N3O3S/c1-5-34-27(33)24-17(4)30-28-31(25(24)19-12-10-18(11-13-19)16(2)3)26(32)23(35-28)14-20-15-29-22-9-7-6-8-21(20)22/h6-16,25,29H,5H2,1-4H3/b23-14-. The monoisotopic (exact) mass is 485 g/mol. The molecule has 5 rings (SSSR count). The van der Waals surface area contributed by atoms with Crippen LogP contribution in [0.2, 0.25) is 0 Å². The van der Waals surface area contributed by atoms with Crippen molar-refractivity contribution in [1.29, 1.82) is 0 Å². The van der Waals surface area contributed by atoms with Gasteiger partial charge in [-0.3, -0.25) is 9.36 Å². The van der Waals surface area contributed by atoms with Crippen molar-refractivity contribution in [1.82, 2.24) is 9.55 Å². The number of fused-ring (bicyclic) bond motifs is 2. The minimum Gasteiger partial charge on any atom is -0.463 e. The zero-order valence-corrected chi connectivity index (χ0v) is 21.0. The van der Waals surface area contributed by atoms with Gasteiger partial charge in [0.25, 0.3) is 5.56 Å². The fourth-order valence-corrected chi connectivity index (χ4v) is 5.56. The maximum atomic E-state index is 13.8. The minimum absolute atomic E-state index is 0.175. The van der Waals surface area contributed by atoms with E-state index in [1.165, 1.54) is 16.9 Å². The normalized spacial score (nSPS) is 16.0. The van der Waals surface area contributed by atoms with E-state index in [9.17, 15) is 9.59 Å². The number of carbonyl (C=O) groups excluding carboxylic acids is 1. The highest BCUT2D eigenvalue weighted by molar-refractivity contribution is 7.07. The number of allylic oxidation sites excluding steroid dienone is 1. The van der Waals surface area contributed by atoms with Crippen LogP contribution >= 0.6 is 11.3 Å². The highest BCUT2D eigenvalue weighted by Crippen LogP contribution is 2.31. The Morgan fingerprint density at radius 2 is 1.94 bits per heavy atom. The SMILES string of the molecule is CCOC(=O)C1=C(C)N=c2s/c(=C\c3c[nH]c4ccccc34)c(=O)n2C1c1ccc(C(C)C)cc1. The third-order valence-electron chi connectivity index (χ3n) is 6.34. The van der Waals surface area contributed by atoms with Crippen LogP contribution in [0.4, 0.5) is 0 Å². The summed E-state index contributed by atoms with van der Waals surface area (Å²) in [7, 11) is 0. The Morgan fingerprint density at radius 3 is 2.66 bits per heavy atom. The molecule has 1 unspecified atom stereocenters. The van der Waals surface area contributed by atoms with Crippen LogP contribution < -0.4 is 14.9 Å². The molecule has 2 aromatic carbocycles. The van der Waals surface area contributed by atoms with Gasteiger partial charge >= 0.3 is 5.97 Å². The predicted octanol–water partition coefficient (Wildman–Crippen LogP) is 4.40. The Kier molecular flexibility index (Phi) is 6.03. The molecule has 6 nitrogen and oxygen atoms in total. The van der Waals surface area contributed by atoms with Crippen LogP contribution in [0.15, 0.2) is 75.8 Å². The first-order valence-corrected chi connectivity index (χ1v) is 12.6. The van der Waals surface area contributed by atoms with Gasteiger partial charge in [0, 0.05) is 22.7 Å². The number of ether oxygens (including phenoxy) is 1. The smallest absolute Gasteiger partial charge is 0.338 e. The van der Waals surface area contributed by atoms with Crippen molar-refractivity contribution in [2.24, 2.45) is 4.99 Å². The van der Waals surface area contributed by atoms with Crippen molar-refractivity contribution in [2.45, 2.75) is 39.7 Å². The van der Waals surface area contributed by atoms with Crippen molar-refractivity contribution in [2.75, 3.05) is 6.61 Å². The van der Waals surface area contributed by atoms with Gasteiger partial charge in [-0.25, -0.2) is 9.79 Å². The Morgan fingerprint density at radius 1 is 1.20 bits per heavy atom. The lowest BCUT2D eigenvalue weighted by atomic mass is 9.93. The Bertz CT molecular complexity index is 1640. The van der Waals surface area contributed by atoms with Crippen molar-refractivity contribution in [3.8, 4) is 0 Å². The molecule has 178 valence electrons. The number of carbonyl (C=O) groups is 1. The van der Waals surface area contributed by atoms with Gasteiger partial charge in [0.1, 0.15) is 0 Å². The number of aromatic amines is 1. The Hall–Kier alpha value is -3.71. The maximum Gasteiger partial charge on any atom is 0.338 e. The lowest BCUT2D eigenvalue weighted by molar-refractivity contribution is -0.139. The first-order chi connectivity index (χ1) is 16.9. The summed E-state index contributed by atoms with van der Waals surface area (Å²) < 4.78 is 7.58. The van der Waals surface area contributed by atoms with Gasteiger partial charge in [0.05, 0.1) is 28.5 Å². The van der Waals surface area contributed by atoms with Crippen LogP contribution in [0.1, 0.15) is 56.3 Å². The van der Waals surface area contributed by atoms with Gasteiger partial charge < -0.3 is 9.72 Å². The number of nitrogens with one attached hydrogen (secondary N) is 1. The minimum atomic E-state index is -0.600. The van der Waals surface area contributed by atoms with Crippen molar-refractivity contribution in [3.05, 3.63) is 102 Å². The molecule has 0 amide bonds. The Balaban J connectivity index is 1.72. The van der Waals surface area contributed by atoms with E-state index in [1.807, 2.05) is 48.7 Å². The van der Waals surface area contributed by atoms with Crippen LogP contribution in [0.25, 0.3) is 17.0 Å². The summed E-state index contributed by atoms with van der Waals surface area (Å²) in [5.74, 6) is -0.0680. The van der Waals surface area contributed by atoms with E-state index in [1.54, 1.807) is 18.4 Å². The second-order valence-electron chi connectivity index (χ2n) is 8.91. The summed E-state index contributed by atoms with van der Waals surface area (Å²) in [6, 6.07) is 15.5. The number of esters is 1. The molecule has 0 saturated carbocycles. The van der Waals surface area contributed by atoms with Crippen LogP contribution in [0.5, 0.6) is 0 Å². The van der Waals surface area contributed by atoms with Crippen molar-refractivity contribution >= 4 is 34.3 Å². The van der Waals surface area contributed by atoms with E-state index < -0.39 is 12.0 Å².